The molecular weight excluding hydrogens is 237 g/mol. The second-order valence-electron chi connectivity index (χ2n) is 3.62. The molecule has 0 aliphatic heterocycles. The Hall–Kier alpha value is -2.43. The van der Waals surface area contributed by atoms with Crippen molar-refractivity contribution >= 4 is 5.69 Å². The van der Waals surface area contributed by atoms with E-state index < -0.39 is 10.7 Å². The molecular formula is C13H10FNO3. The lowest BCUT2D eigenvalue weighted by Crippen LogP contribution is -1.93. The molecule has 0 saturated carbocycles. The highest BCUT2D eigenvalue weighted by atomic mass is 19.1. The highest BCUT2D eigenvalue weighted by molar-refractivity contribution is 5.72. The van der Waals surface area contributed by atoms with Gasteiger partial charge >= 0.3 is 0 Å². The number of halogens is 1. The summed E-state index contributed by atoms with van der Waals surface area (Å²) in [5, 5.41) is 10.7. The van der Waals surface area contributed by atoms with Crippen molar-refractivity contribution in [2.75, 3.05) is 7.11 Å². The minimum absolute atomic E-state index is 0.0854. The van der Waals surface area contributed by atoms with Crippen molar-refractivity contribution in [2.24, 2.45) is 0 Å². The standard InChI is InChI=1S/C13H10FNO3/c1-18-12-7-3-6-11(14)13(12)9-4-2-5-10(8-9)15(16)17/h2-8H,1H3. The molecule has 0 aromatic heterocycles. The Balaban J connectivity index is 2.61. The quantitative estimate of drug-likeness (QED) is 0.617. The zero-order valence-electron chi connectivity index (χ0n) is 9.59. The Bertz CT molecular complexity index is 599. The van der Waals surface area contributed by atoms with Crippen LogP contribution >= 0.6 is 0 Å². The molecule has 2 aromatic carbocycles. The van der Waals surface area contributed by atoms with E-state index in [1.54, 1.807) is 12.1 Å². The topological polar surface area (TPSA) is 52.4 Å². The fraction of sp³-hybridized carbons (Fsp3) is 0.0769. The molecule has 18 heavy (non-hydrogen) atoms. The van der Waals surface area contributed by atoms with E-state index >= 15 is 0 Å². The van der Waals surface area contributed by atoms with Gasteiger partial charge in [-0.15, -0.1) is 0 Å². The average molecular weight is 247 g/mol. The summed E-state index contributed by atoms with van der Waals surface area (Å²) in [4.78, 5) is 10.2. The van der Waals surface area contributed by atoms with E-state index in [0.717, 1.165) is 0 Å². The number of rotatable bonds is 3. The van der Waals surface area contributed by atoms with Gasteiger partial charge in [0.15, 0.2) is 0 Å². The predicted molar refractivity (Wildman–Crippen MR) is 65.0 cm³/mol. The number of ether oxygens (including phenoxy) is 1. The van der Waals surface area contributed by atoms with Crippen molar-refractivity contribution in [3.63, 3.8) is 0 Å². The van der Waals surface area contributed by atoms with Gasteiger partial charge in [-0.25, -0.2) is 4.39 Å². The number of nitro benzene ring substituents is 1. The van der Waals surface area contributed by atoms with Gasteiger partial charge in [0, 0.05) is 12.1 Å². The first kappa shape index (κ1) is 12.0. The first-order valence-corrected chi connectivity index (χ1v) is 5.21. The Kier molecular flexibility index (Phi) is 3.23. The summed E-state index contributed by atoms with van der Waals surface area (Å²) in [6.07, 6.45) is 0. The fourth-order valence-electron chi connectivity index (χ4n) is 1.73. The molecule has 0 saturated heterocycles. The van der Waals surface area contributed by atoms with Crippen LogP contribution in [0.5, 0.6) is 5.75 Å². The molecule has 0 radical (unpaired) electrons. The van der Waals surface area contributed by atoms with Crippen LogP contribution < -0.4 is 4.74 Å². The van der Waals surface area contributed by atoms with Crippen LogP contribution in [0.15, 0.2) is 42.5 Å². The summed E-state index contributed by atoms with van der Waals surface area (Å²) in [6.45, 7) is 0. The van der Waals surface area contributed by atoms with Gasteiger partial charge in [-0.3, -0.25) is 10.1 Å². The van der Waals surface area contributed by atoms with E-state index in [1.165, 1.54) is 37.4 Å². The number of nitrogens with zero attached hydrogens (tertiary/aromatic N) is 1. The predicted octanol–water partition coefficient (Wildman–Crippen LogP) is 3.41. The van der Waals surface area contributed by atoms with Crippen molar-refractivity contribution in [1.29, 1.82) is 0 Å². The molecule has 0 bridgehead atoms. The average Bonchev–Trinajstić information content (AvgIpc) is 2.38. The minimum Gasteiger partial charge on any atom is -0.496 e. The summed E-state index contributed by atoms with van der Waals surface area (Å²) >= 11 is 0. The number of nitro groups is 1. The third-order valence-electron chi connectivity index (χ3n) is 2.54. The second-order valence-corrected chi connectivity index (χ2v) is 3.62. The lowest BCUT2D eigenvalue weighted by atomic mass is 10.0. The van der Waals surface area contributed by atoms with Crippen molar-refractivity contribution < 1.29 is 14.1 Å². The zero-order chi connectivity index (χ0) is 13.1. The Morgan fingerprint density at radius 1 is 1.22 bits per heavy atom. The smallest absolute Gasteiger partial charge is 0.270 e. The molecule has 92 valence electrons. The van der Waals surface area contributed by atoms with E-state index in [9.17, 15) is 14.5 Å². The van der Waals surface area contributed by atoms with E-state index in [2.05, 4.69) is 0 Å². The third-order valence-corrected chi connectivity index (χ3v) is 2.54. The molecule has 0 fully saturated rings. The Labute approximate surface area is 103 Å². The van der Waals surface area contributed by atoms with E-state index in [1.807, 2.05) is 0 Å². The maximum absolute atomic E-state index is 13.8. The first-order valence-electron chi connectivity index (χ1n) is 5.21. The minimum atomic E-state index is -0.517. The van der Waals surface area contributed by atoms with Crippen LogP contribution in [0, 0.1) is 15.9 Å². The molecule has 0 aliphatic rings. The van der Waals surface area contributed by atoms with Gasteiger partial charge in [-0.1, -0.05) is 18.2 Å². The van der Waals surface area contributed by atoms with Crippen molar-refractivity contribution in [2.45, 2.75) is 0 Å². The molecule has 2 rings (SSSR count). The number of methoxy groups -OCH3 is 1. The van der Waals surface area contributed by atoms with E-state index in [4.69, 9.17) is 4.74 Å². The largest absolute Gasteiger partial charge is 0.496 e. The van der Waals surface area contributed by atoms with Crippen LogP contribution in [0.25, 0.3) is 11.1 Å². The van der Waals surface area contributed by atoms with Gasteiger partial charge in [0.1, 0.15) is 11.6 Å². The number of non-ortho nitro benzene ring substituents is 1. The highest BCUT2D eigenvalue weighted by Crippen LogP contribution is 2.33. The van der Waals surface area contributed by atoms with Gasteiger partial charge in [0.05, 0.1) is 17.6 Å². The summed E-state index contributed by atoms with van der Waals surface area (Å²) in [6, 6.07) is 10.2. The van der Waals surface area contributed by atoms with Crippen molar-refractivity contribution in [3.8, 4) is 16.9 Å². The van der Waals surface area contributed by atoms with E-state index in [-0.39, 0.29) is 11.3 Å². The maximum Gasteiger partial charge on any atom is 0.270 e. The van der Waals surface area contributed by atoms with Crippen LogP contribution in [0.4, 0.5) is 10.1 Å². The summed E-state index contributed by atoms with van der Waals surface area (Å²) < 4.78 is 18.9. The van der Waals surface area contributed by atoms with Crippen LogP contribution in [0.2, 0.25) is 0 Å². The lowest BCUT2D eigenvalue weighted by Gasteiger charge is -2.09. The molecule has 0 unspecified atom stereocenters. The van der Waals surface area contributed by atoms with Crippen molar-refractivity contribution in [3.05, 3.63) is 58.4 Å². The van der Waals surface area contributed by atoms with Gasteiger partial charge in [0.2, 0.25) is 0 Å². The van der Waals surface area contributed by atoms with Crippen LogP contribution in [-0.4, -0.2) is 12.0 Å². The summed E-state index contributed by atoms with van der Waals surface area (Å²) in [5.41, 5.74) is 0.556. The van der Waals surface area contributed by atoms with E-state index in [0.29, 0.717) is 11.3 Å². The van der Waals surface area contributed by atoms with Gasteiger partial charge in [-0.05, 0) is 17.7 Å². The number of hydrogen-bond acceptors (Lipinski definition) is 3. The molecule has 5 heteroatoms. The van der Waals surface area contributed by atoms with Gasteiger partial charge in [-0.2, -0.15) is 0 Å². The monoisotopic (exact) mass is 247 g/mol. The first-order chi connectivity index (χ1) is 8.63. The summed E-state index contributed by atoms with van der Waals surface area (Å²) in [7, 11) is 1.43. The Morgan fingerprint density at radius 3 is 2.61 bits per heavy atom. The normalized spacial score (nSPS) is 10.1. The molecule has 0 amide bonds. The maximum atomic E-state index is 13.8. The van der Waals surface area contributed by atoms with Crippen LogP contribution in [0.1, 0.15) is 0 Å². The number of benzene rings is 2. The van der Waals surface area contributed by atoms with Crippen molar-refractivity contribution in [1.82, 2.24) is 0 Å². The molecule has 0 atom stereocenters. The molecule has 0 aliphatic carbocycles. The van der Waals surface area contributed by atoms with Crippen LogP contribution in [-0.2, 0) is 0 Å². The molecule has 0 spiro atoms. The SMILES string of the molecule is COc1cccc(F)c1-c1cccc([N+](=O)[O-])c1. The summed E-state index contributed by atoms with van der Waals surface area (Å²) in [5.74, 6) is -0.134. The highest BCUT2D eigenvalue weighted by Gasteiger charge is 2.14. The molecule has 0 N–H and O–H groups in total. The zero-order valence-corrected chi connectivity index (χ0v) is 9.59. The van der Waals surface area contributed by atoms with Gasteiger partial charge < -0.3 is 4.74 Å². The van der Waals surface area contributed by atoms with Crippen LogP contribution in [0.3, 0.4) is 0 Å². The molecule has 2 aromatic rings. The molecule has 4 nitrogen and oxygen atoms in total. The molecule has 0 heterocycles. The lowest BCUT2D eigenvalue weighted by molar-refractivity contribution is -0.384. The Morgan fingerprint density at radius 2 is 1.94 bits per heavy atom. The fourth-order valence-corrected chi connectivity index (χ4v) is 1.73. The van der Waals surface area contributed by atoms with Gasteiger partial charge in [0.25, 0.3) is 5.69 Å². The number of hydrogen-bond donors (Lipinski definition) is 0. The third kappa shape index (κ3) is 2.15. The second kappa shape index (κ2) is 4.83.